The van der Waals surface area contributed by atoms with Crippen molar-refractivity contribution in [1.29, 1.82) is 0 Å². The molecule has 0 spiro atoms. The van der Waals surface area contributed by atoms with Crippen LogP contribution in [0.5, 0.6) is 0 Å². The smallest absolute Gasteiger partial charge is 0.408 e. The number of nitrogens with one attached hydrogen (secondary N) is 2. The molecule has 1 amide bonds. The molecule has 0 aliphatic rings. The number of carbonyl (C=O) groups excluding carboxylic acids is 1. The lowest BCUT2D eigenvalue weighted by Crippen LogP contribution is -2.56. The van der Waals surface area contributed by atoms with Crippen molar-refractivity contribution in [1.82, 2.24) is 10.6 Å². The summed E-state index contributed by atoms with van der Waals surface area (Å²) in [5.41, 5.74) is -1.00. The highest BCUT2D eigenvalue weighted by Gasteiger charge is 2.31. The first-order chi connectivity index (χ1) is 10.4. The highest BCUT2D eigenvalue weighted by Crippen LogP contribution is 2.16. The molecule has 0 aliphatic heterocycles. The number of hydrogen-bond donors (Lipinski definition) is 2. The second kappa shape index (κ2) is 8.87. The Morgan fingerprint density at radius 3 is 2.04 bits per heavy atom. The summed E-state index contributed by atoms with van der Waals surface area (Å²) in [4.78, 5) is 12.1. The van der Waals surface area contributed by atoms with E-state index in [1.165, 1.54) is 0 Å². The maximum Gasteiger partial charge on any atom is 0.408 e. The Balaban J connectivity index is 4.75. The van der Waals surface area contributed by atoms with Gasteiger partial charge in [0.2, 0.25) is 0 Å². The number of amides is 1. The Kier molecular flexibility index (Phi) is 8.56. The summed E-state index contributed by atoms with van der Waals surface area (Å²) in [6.45, 7) is 13.4. The summed E-state index contributed by atoms with van der Waals surface area (Å²) in [7, 11) is -3.02. The van der Waals surface area contributed by atoms with E-state index in [1.54, 1.807) is 6.92 Å². The van der Waals surface area contributed by atoms with Gasteiger partial charge in [-0.2, -0.15) is 0 Å². The molecule has 0 heterocycles. The minimum Gasteiger partial charge on any atom is -0.444 e. The van der Waals surface area contributed by atoms with E-state index in [9.17, 15) is 13.2 Å². The largest absolute Gasteiger partial charge is 0.444 e. The number of alkyl carbamates (subject to hydrolysis) is 1. The molecule has 0 aromatic heterocycles. The van der Waals surface area contributed by atoms with Gasteiger partial charge < -0.3 is 15.4 Å². The zero-order valence-corrected chi connectivity index (χ0v) is 16.5. The van der Waals surface area contributed by atoms with Gasteiger partial charge in [0.25, 0.3) is 0 Å². The van der Waals surface area contributed by atoms with Crippen molar-refractivity contribution in [2.24, 2.45) is 0 Å². The number of ether oxygens (including phenoxy) is 1. The molecule has 138 valence electrons. The van der Waals surface area contributed by atoms with Crippen LogP contribution in [0.1, 0.15) is 61.3 Å². The SMILES string of the molecule is CCC(CC)(CNC(C)CS(=O)(=O)CC)NC(=O)OC(C)(C)C. The fraction of sp³-hybridized carbons (Fsp3) is 0.938. The molecule has 2 N–H and O–H groups in total. The van der Waals surface area contributed by atoms with Gasteiger partial charge in [-0.15, -0.1) is 0 Å². The quantitative estimate of drug-likeness (QED) is 0.667. The standard InChI is InChI=1S/C16H34N2O4S/c1-8-16(9-2,18-14(19)22-15(5,6)7)12-17-13(4)11-23(20,21)10-3/h13,17H,8-12H2,1-7H3,(H,18,19). The van der Waals surface area contributed by atoms with Gasteiger partial charge in [0, 0.05) is 18.3 Å². The first kappa shape index (κ1) is 22.2. The second-order valence-corrected chi connectivity index (χ2v) is 9.49. The Bertz CT molecular complexity index is 465. The van der Waals surface area contributed by atoms with Gasteiger partial charge in [-0.3, -0.25) is 0 Å². The summed E-state index contributed by atoms with van der Waals surface area (Å²) < 4.78 is 28.7. The topological polar surface area (TPSA) is 84.5 Å². The molecular formula is C16H34N2O4S. The molecule has 1 unspecified atom stereocenters. The fourth-order valence-corrected chi connectivity index (χ4v) is 3.28. The third-order valence-corrected chi connectivity index (χ3v) is 5.74. The van der Waals surface area contributed by atoms with Gasteiger partial charge in [-0.25, -0.2) is 13.2 Å². The summed E-state index contributed by atoms with van der Waals surface area (Å²) in [5.74, 6) is 0.237. The molecule has 0 saturated carbocycles. The molecule has 0 aromatic carbocycles. The van der Waals surface area contributed by atoms with E-state index in [-0.39, 0.29) is 17.5 Å². The molecule has 0 aliphatic carbocycles. The summed E-state index contributed by atoms with van der Waals surface area (Å²) >= 11 is 0. The first-order valence-electron chi connectivity index (χ1n) is 8.33. The number of carbonyl (C=O) groups is 1. The summed E-state index contributed by atoms with van der Waals surface area (Å²) in [5, 5.41) is 6.18. The highest BCUT2D eigenvalue weighted by atomic mass is 32.2. The van der Waals surface area contributed by atoms with Crippen LogP contribution in [-0.4, -0.2) is 49.7 Å². The molecule has 0 bridgehead atoms. The maximum atomic E-state index is 12.1. The molecule has 7 heteroatoms. The van der Waals surface area contributed by atoms with Crippen LogP contribution in [0.3, 0.4) is 0 Å². The molecule has 0 saturated heterocycles. The Morgan fingerprint density at radius 1 is 1.13 bits per heavy atom. The minimum absolute atomic E-state index is 0.0967. The third-order valence-electron chi connectivity index (χ3n) is 3.85. The van der Waals surface area contributed by atoms with Crippen LogP contribution in [0, 0.1) is 0 Å². The minimum atomic E-state index is -3.02. The van der Waals surface area contributed by atoms with Crippen molar-refractivity contribution in [2.45, 2.75) is 78.5 Å². The van der Waals surface area contributed by atoms with Crippen LogP contribution in [0.15, 0.2) is 0 Å². The van der Waals surface area contributed by atoms with Gasteiger partial charge in [-0.1, -0.05) is 20.8 Å². The second-order valence-electron chi connectivity index (χ2n) is 7.10. The van der Waals surface area contributed by atoms with E-state index < -0.39 is 27.1 Å². The average Bonchev–Trinajstić information content (AvgIpc) is 2.41. The van der Waals surface area contributed by atoms with E-state index in [2.05, 4.69) is 10.6 Å². The number of sulfone groups is 1. The van der Waals surface area contributed by atoms with Crippen molar-refractivity contribution < 1.29 is 17.9 Å². The molecule has 0 aromatic rings. The number of rotatable bonds is 9. The van der Waals surface area contributed by atoms with Crippen LogP contribution in [0.2, 0.25) is 0 Å². The average molecular weight is 351 g/mol. The molecule has 23 heavy (non-hydrogen) atoms. The van der Waals surface area contributed by atoms with Crippen LogP contribution < -0.4 is 10.6 Å². The highest BCUT2D eigenvalue weighted by molar-refractivity contribution is 7.91. The molecule has 1 atom stereocenters. The molecular weight excluding hydrogens is 316 g/mol. The predicted octanol–water partition coefficient (Wildman–Crippen LogP) is 2.48. The lowest BCUT2D eigenvalue weighted by atomic mass is 9.92. The zero-order valence-electron chi connectivity index (χ0n) is 15.7. The molecule has 0 radical (unpaired) electrons. The van der Waals surface area contributed by atoms with E-state index in [1.807, 2.05) is 41.5 Å². The summed E-state index contributed by atoms with van der Waals surface area (Å²) in [6.07, 6.45) is 1.00. The van der Waals surface area contributed by atoms with Crippen molar-refractivity contribution in [3.8, 4) is 0 Å². The molecule has 0 fully saturated rings. The van der Waals surface area contributed by atoms with E-state index in [4.69, 9.17) is 4.74 Å². The van der Waals surface area contributed by atoms with E-state index in [0.29, 0.717) is 6.54 Å². The van der Waals surface area contributed by atoms with Crippen molar-refractivity contribution in [3.05, 3.63) is 0 Å². The van der Waals surface area contributed by atoms with Gasteiger partial charge in [0.05, 0.1) is 11.3 Å². The molecule has 6 nitrogen and oxygen atoms in total. The van der Waals surface area contributed by atoms with Crippen LogP contribution in [0.4, 0.5) is 4.79 Å². The maximum absolute atomic E-state index is 12.1. The zero-order chi connectivity index (χ0) is 18.3. The van der Waals surface area contributed by atoms with Crippen molar-refractivity contribution in [3.63, 3.8) is 0 Å². The molecule has 0 rings (SSSR count). The Labute approximate surface area is 141 Å². The fourth-order valence-electron chi connectivity index (χ4n) is 2.17. The third kappa shape index (κ3) is 9.15. The monoisotopic (exact) mass is 350 g/mol. The van der Waals surface area contributed by atoms with Crippen molar-refractivity contribution in [2.75, 3.05) is 18.1 Å². The van der Waals surface area contributed by atoms with Crippen LogP contribution in [-0.2, 0) is 14.6 Å². The van der Waals surface area contributed by atoms with Crippen molar-refractivity contribution >= 4 is 15.9 Å². The number of hydrogen-bond acceptors (Lipinski definition) is 5. The lowest BCUT2D eigenvalue weighted by Gasteiger charge is -2.35. The van der Waals surface area contributed by atoms with E-state index >= 15 is 0 Å². The normalized spacial score (nSPS) is 14.4. The first-order valence-corrected chi connectivity index (χ1v) is 10.2. The van der Waals surface area contributed by atoms with Gasteiger partial charge in [0.15, 0.2) is 9.84 Å². The van der Waals surface area contributed by atoms with Crippen LogP contribution in [0.25, 0.3) is 0 Å². The van der Waals surface area contributed by atoms with Gasteiger partial charge in [0.1, 0.15) is 5.60 Å². The van der Waals surface area contributed by atoms with Crippen LogP contribution >= 0.6 is 0 Å². The van der Waals surface area contributed by atoms with Gasteiger partial charge >= 0.3 is 6.09 Å². The van der Waals surface area contributed by atoms with Gasteiger partial charge in [-0.05, 0) is 40.5 Å². The lowest BCUT2D eigenvalue weighted by molar-refractivity contribution is 0.0444. The summed E-state index contributed by atoms with van der Waals surface area (Å²) in [6, 6.07) is -0.169. The van der Waals surface area contributed by atoms with E-state index in [0.717, 1.165) is 12.8 Å². The Hall–Kier alpha value is -0.820. The Morgan fingerprint density at radius 2 is 1.65 bits per heavy atom. The predicted molar refractivity (Wildman–Crippen MR) is 94.5 cm³/mol.